The molecule has 0 fully saturated rings. The fourth-order valence-corrected chi connectivity index (χ4v) is 9.84. The molecular formula is C25H9N7S5. The predicted molar refractivity (Wildman–Crippen MR) is 157 cm³/mol. The van der Waals surface area contributed by atoms with E-state index in [1.54, 1.807) is 34.0 Å². The maximum Gasteiger partial charge on any atom is 0.350 e. The smallest absolute Gasteiger partial charge is 0.350 e. The van der Waals surface area contributed by atoms with Gasteiger partial charge in [-0.25, -0.2) is 10.5 Å². The van der Waals surface area contributed by atoms with Crippen molar-refractivity contribution in [1.29, 1.82) is 10.5 Å². The second-order valence-electron chi connectivity index (χ2n) is 7.56. The third-order valence-corrected chi connectivity index (χ3v) is 11.5. The van der Waals surface area contributed by atoms with E-state index in [-0.39, 0.29) is 11.7 Å². The minimum Gasteiger partial charge on any atom is -0.351 e. The van der Waals surface area contributed by atoms with Gasteiger partial charge in [0.2, 0.25) is 10.0 Å². The van der Waals surface area contributed by atoms with Gasteiger partial charge in [0.05, 0.1) is 25.1 Å². The van der Waals surface area contributed by atoms with Crippen LogP contribution in [-0.4, -0.2) is 16.2 Å². The molecule has 37 heavy (non-hydrogen) atoms. The van der Waals surface area contributed by atoms with Gasteiger partial charge in [0.15, 0.2) is 0 Å². The van der Waals surface area contributed by atoms with Crippen molar-refractivity contribution < 1.29 is 0 Å². The molecule has 0 aromatic carbocycles. The van der Waals surface area contributed by atoms with E-state index in [1.165, 1.54) is 52.5 Å². The Morgan fingerprint density at radius 1 is 0.757 bits per heavy atom. The lowest BCUT2D eigenvalue weighted by molar-refractivity contribution is 1.02. The molecule has 6 rings (SSSR count). The Hall–Kier alpha value is -4.14. The SMILES string of the molecule is [C-]#[N+]C(C#N)=Nc1ccc(-c2cc3c(s2)c2sc4cc(-c5ccc(N=C(C#N)[N+]#[C-])s5)sc4c2n3C)s1. The topological polar surface area (TPSA) is 85.9 Å². The lowest BCUT2D eigenvalue weighted by Crippen LogP contribution is -1.83. The Balaban J connectivity index is 1.39. The first-order valence-corrected chi connectivity index (χ1v) is 14.5. The van der Waals surface area contributed by atoms with Crippen LogP contribution in [0.4, 0.5) is 10.0 Å². The fraction of sp³-hybridized carbons (Fsp3) is 0.0400. The molecular weight excluding hydrogens is 559 g/mol. The van der Waals surface area contributed by atoms with E-state index < -0.39 is 0 Å². The summed E-state index contributed by atoms with van der Waals surface area (Å²) in [7, 11) is 2.09. The molecule has 0 aliphatic carbocycles. The van der Waals surface area contributed by atoms with Crippen molar-refractivity contribution in [3.8, 4) is 31.6 Å². The Kier molecular flexibility index (Phi) is 5.70. The number of aryl methyl sites for hydroxylation is 1. The highest BCUT2D eigenvalue weighted by Gasteiger charge is 2.21. The fourth-order valence-electron chi connectivity index (χ4n) is 3.89. The van der Waals surface area contributed by atoms with Gasteiger partial charge in [0.25, 0.3) is 0 Å². The Bertz CT molecular complexity index is 2080. The third kappa shape index (κ3) is 3.85. The average molecular weight is 568 g/mol. The number of aromatic nitrogens is 1. The summed E-state index contributed by atoms with van der Waals surface area (Å²) < 4.78 is 7.24. The molecule has 0 amide bonds. The molecule has 0 spiro atoms. The van der Waals surface area contributed by atoms with Crippen molar-refractivity contribution in [2.24, 2.45) is 17.0 Å². The molecule has 0 N–H and O–H groups in total. The van der Waals surface area contributed by atoms with E-state index in [0.29, 0.717) is 10.0 Å². The standard InChI is InChI=1S/C25H9N7S5/c1-28-18(10-26)30-20-6-4-13(33-20)15-8-12-23(35-15)25-22(32(12)3)24-17(37-25)9-16(36-24)14-5-7-21(34-14)31-19(11-27)29-2/h4-9H,3H3. The van der Waals surface area contributed by atoms with E-state index in [4.69, 9.17) is 23.7 Å². The molecule has 7 nitrogen and oxygen atoms in total. The largest absolute Gasteiger partial charge is 0.351 e. The summed E-state index contributed by atoms with van der Waals surface area (Å²) in [6, 6.07) is 15.7. The summed E-state index contributed by atoms with van der Waals surface area (Å²) in [6.07, 6.45) is 0. The van der Waals surface area contributed by atoms with Crippen molar-refractivity contribution in [2.75, 3.05) is 0 Å². The Morgan fingerprint density at radius 3 is 1.89 bits per heavy atom. The van der Waals surface area contributed by atoms with Crippen molar-refractivity contribution >= 4 is 108 Å². The van der Waals surface area contributed by atoms with Crippen molar-refractivity contribution in [3.63, 3.8) is 0 Å². The zero-order chi connectivity index (χ0) is 25.7. The lowest BCUT2D eigenvalue weighted by Gasteiger charge is -1.95. The van der Waals surface area contributed by atoms with Gasteiger partial charge >= 0.3 is 11.7 Å². The number of fused-ring (bicyclic) bond motifs is 5. The van der Waals surface area contributed by atoms with Crippen LogP contribution in [0, 0.1) is 35.8 Å². The van der Waals surface area contributed by atoms with E-state index >= 15 is 0 Å². The molecule has 0 aliphatic heterocycles. The minimum atomic E-state index is -0.161. The lowest BCUT2D eigenvalue weighted by atomic mass is 10.3. The molecule has 0 radical (unpaired) electrons. The number of hydrogen-bond donors (Lipinski definition) is 0. The quantitative estimate of drug-likeness (QED) is 0.121. The van der Waals surface area contributed by atoms with Crippen LogP contribution in [0.2, 0.25) is 0 Å². The highest BCUT2D eigenvalue weighted by atomic mass is 32.1. The summed E-state index contributed by atoms with van der Waals surface area (Å²) in [5, 5.41) is 19.2. The minimum absolute atomic E-state index is 0.160. The normalized spacial score (nSPS) is 12.1. The molecule has 0 unspecified atom stereocenters. The number of amidine groups is 2. The van der Waals surface area contributed by atoms with Crippen LogP contribution in [0.1, 0.15) is 0 Å². The predicted octanol–water partition coefficient (Wildman–Crippen LogP) is 9.07. The van der Waals surface area contributed by atoms with Crippen LogP contribution in [0.25, 0.3) is 59.0 Å². The van der Waals surface area contributed by atoms with Crippen LogP contribution in [0.15, 0.2) is 46.4 Å². The van der Waals surface area contributed by atoms with Gasteiger partial charge in [-0.1, -0.05) is 45.8 Å². The number of thiophene rings is 5. The van der Waals surface area contributed by atoms with Crippen LogP contribution >= 0.6 is 56.7 Å². The van der Waals surface area contributed by atoms with Crippen molar-refractivity contribution in [3.05, 3.63) is 59.2 Å². The van der Waals surface area contributed by atoms with Gasteiger partial charge in [0.1, 0.15) is 12.1 Å². The number of nitriles is 2. The number of rotatable bonds is 4. The summed E-state index contributed by atoms with van der Waals surface area (Å²) in [6.45, 7) is 14.0. The second-order valence-corrected chi connectivity index (χ2v) is 12.8. The molecule has 0 atom stereocenters. The Labute approximate surface area is 230 Å². The van der Waals surface area contributed by atoms with Crippen LogP contribution in [0.3, 0.4) is 0 Å². The molecule has 0 saturated carbocycles. The van der Waals surface area contributed by atoms with E-state index in [0.717, 1.165) is 19.5 Å². The van der Waals surface area contributed by atoms with E-state index in [1.807, 2.05) is 36.4 Å². The Morgan fingerprint density at radius 2 is 1.32 bits per heavy atom. The molecule has 174 valence electrons. The van der Waals surface area contributed by atoms with Crippen LogP contribution in [-0.2, 0) is 7.05 Å². The maximum atomic E-state index is 8.97. The summed E-state index contributed by atoms with van der Waals surface area (Å²) in [5.74, 6) is -0.321. The first kappa shape index (κ1) is 23.3. The summed E-state index contributed by atoms with van der Waals surface area (Å²) in [5.41, 5.74) is 2.40. The zero-order valence-corrected chi connectivity index (χ0v) is 22.7. The van der Waals surface area contributed by atoms with Gasteiger partial charge in [-0.2, -0.15) is 0 Å². The number of nitrogens with zero attached hydrogens (tertiary/aromatic N) is 7. The summed E-state index contributed by atoms with van der Waals surface area (Å²) in [4.78, 5) is 18.9. The third-order valence-electron chi connectivity index (χ3n) is 5.47. The molecule has 12 heteroatoms. The van der Waals surface area contributed by atoms with Crippen molar-refractivity contribution in [1.82, 2.24) is 4.57 Å². The number of hydrogen-bond acceptors (Lipinski definition) is 9. The van der Waals surface area contributed by atoms with Crippen LogP contribution in [0.5, 0.6) is 0 Å². The van der Waals surface area contributed by atoms with Gasteiger partial charge in [0, 0.05) is 31.3 Å². The van der Waals surface area contributed by atoms with Gasteiger partial charge < -0.3 is 14.3 Å². The van der Waals surface area contributed by atoms with Crippen LogP contribution < -0.4 is 0 Å². The molecule has 0 saturated heterocycles. The zero-order valence-electron chi connectivity index (χ0n) is 18.6. The van der Waals surface area contributed by atoms with E-state index in [9.17, 15) is 0 Å². The highest BCUT2D eigenvalue weighted by molar-refractivity contribution is 7.37. The summed E-state index contributed by atoms with van der Waals surface area (Å²) >= 11 is 8.22. The van der Waals surface area contributed by atoms with E-state index in [2.05, 4.69) is 43.4 Å². The van der Waals surface area contributed by atoms with Crippen molar-refractivity contribution in [2.45, 2.75) is 0 Å². The monoisotopic (exact) mass is 567 g/mol. The van der Waals surface area contributed by atoms with Gasteiger partial charge in [-0.3, -0.25) is 0 Å². The molecule has 6 heterocycles. The second kappa shape index (κ2) is 9.06. The average Bonchev–Trinajstić information content (AvgIpc) is 3.72. The van der Waals surface area contributed by atoms with Gasteiger partial charge in [-0.15, -0.1) is 34.0 Å². The first-order valence-electron chi connectivity index (χ1n) is 10.4. The number of aliphatic imine (C=N–C) groups is 2. The van der Waals surface area contributed by atoms with Gasteiger partial charge in [-0.05, 0) is 36.4 Å². The molecule has 6 aromatic rings. The molecule has 0 aliphatic rings. The maximum absolute atomic E-state index is 8.97. The highest BCUT2D eigenvalue weighted by Crippen LogP contribution is 2.50. The molecule has 6 aromatic heterocycles. The molecule has 0 bridgehead atoms. The first-order chi connectivity index (χ1) is 18.0.